The van der Waals surface area contributed by atoms with E-state index >= 15 is 0 Å². The minimum absolute atomic E-state index is 0.507. The molecule has 0 amide bonds. The minimum atomic E-state index is -4.76. The van der Waals surface area contributed by atoms with Crippen LogP contribution in [0.1, 0.15) is 23.4 Å². The molecule has 1 heterocycles. The van der Waals surface area contributed by atoms with Crippen molar-refractivity contribution in [1.29, 1.82) is 0 Å². The molecule has 90 valence electrons. The quantitative estimate of drug-likeness (QED) is 0.779. The van der Waals surface area contributed by atoms with Crippen molar-refractivity contribution >= 4 is 5.69 Å². The SMILES string of the molecule is NCc1nc(C(F)F)cc(N)c1C(F)(F)F. The number of pyridine rings is 1. The van der Waals surface area contributed by atoms with Crippen LogP contribution >= 0.6 is 0 Å². The van der Waals surface area contributed by atoms with E-state index in [1.807, 2.05) is 0 Å². The van der Waals surface area contributed by atoms with Crippen LogP contribution in [0.2, 0.25) is 0 Å². The van der Waals surface area contributed by atoms with Crippen molar-refractivity contribution in [3.8, 4) is 0 Å². The summed E-state index contributed by atoms with van der Waals surface area (Å²) >= 11 is 0. The van der Waals surface area contributed by atoms with Gasteiger partial charge in [0.05, 0.1) is 5.69 Å². The second-order valence-corrected chi connectivity index (χ2v) is 2.96. The van der Waals surface area contributed by atoms with Crippen LogP contribution in [0.25, 0.3) is 0 Å². The molecule has 3 nitrogen and oxygen atoms in total. The standard InChI is InChI=1S/C8H8F5N3/c9-7(10)4-1-3(15)6(8(11,12)13)5(2-14)16-4/h1,7H,2,14H2,(H2,15,16). The van der Waals surface area contributed by atoms with Crippen LogP contribution in [0.3, 0.4) is 0 Å². The molecular formula is C8H8F5N3. The molecule has 1 rings (SSSR count). The summed E-state index contributed by atoms with van der Waals surface area (Å²) in [5.41, 5.74) is 6.56. The molecule has 0 atom stereocenters. The molecule has 0 saturated heterocycles. The summed E-state index contributed by atoms with van der Waals surface area (Å²) in [6.45, 7) is -0.612. The maximum absolute atomic E-state index is 12.5. The third-order valence-electron chi connectivity index (χ3n) is 1.85. The van der Waals surface area contributed by atoms with E-state index in [1.165, 1.54) is 0 Å². The fraction of sp³-hybridized carbons (Fsp3) is 0.375. The van der Waals surface area contributed by atoms with Gasteiger partial charge < -0.3 is 11.5 Å². The van der Waals surface area contributed by atoms with Gasteiger partial charge in [0.2, 0.25) is 0 Å². The number of halogens is 5. The highest BCUT2D eigenvalue weighted by atomic mass is 19.4. The number of nitrogen functional groups attached to an aromatic ring is 1. The van der Waals surface area contributed by atoms with Gasteiger partial charge >= 0.3 is 6.18 Å². The topological polar surface area (TPSA) is 64.9 Å². The molecule has 0 fully saturated rings. The second-order valence-electron chi connectivity index (χ2n) is 2.96. The van der Waals surface area contributed by atoms with E-state index in [2.05, 4.69) is 4.98 Å². The highest BCUT2D eigenvalue weighted by molar-refractivity contribution is 5.51. The smallest absolute Gasteiger partial charge is 0.398 e. The highest BCUT2D eigenvalue weighted by Crippen LogP contribution is 2.36. The summed E-state index contributed by atoms with van der Waals surface area (Å²) in [5, 5.41) is 0. The van der Waals surface area contributed by atoms with Gasteiger partial charge in [-0.1, -0.05) is 0 Å². The molecule has 0 radical (unpaired) electrons. The predicted molar refractivity (Wildman–Crippen MR) is 46.5 cm³/mol. The van der Waals surface area contributed by atoms with Crippen molar-refractivity contribution in [2.24, 2.45) is 5.73 Å². The summed E-state index contributed by atoms with van der Waals surface area (Å²) in [6, 6.07) is 0.507. The zero-order valence-corrected chi connectivity index (χ0v) is 7.85. The molecule has 0 spiro atoms. The summed E-state index contributed by atoms with van der Waals surface area (Å²) < 4.78 is 61.9. The van der Waals surface area contributed by atoms with Crippen molar-refractivity contribution in [1.82, 2.24) is 4.98 Å². The van der Waals surface area contributed by atoms with Gasteiger partial charge in [-0.25, -0.2) is 13.8 Å². The highest BCUT2D eigenvalue weighted by Gasteiger charge is 2.37. The van der Waals surface area contributed by atoms with Gasteiger partial charge in [-0.2, -0.15) is 13.2 Å². The predicted octanol–water partition coefficient (Wildman–Crippen LogP) is 2.08. The lowest BCUT2D eigenvalue weighted by molar-refractivity contribution is -0.137. The van der Waals surface area contributed by atoms with Crippen molar-refractivity contribution in [2.75, 3.05) is 5.73 Å². The first-order valence-electron chi connectivity index (χ1n) is 4.12. The van der Waals surface area contributed by atoms with Crippen LogP contribution in [0, 0.1) is 0 Å². The van der Waals surface area contributed by atoms with Crippen molar-refractivity contribution in [3.63, 3.8) is 0 Å². The van der Waals surface area contributed by atoms with Crippen LogP contribution < -0.4 is 11.5 Å². The van der Waals surface area contributed by atoms with Crippen LogP contribution in [-0.2, 0) is 12.7 Å². The van der Waals surface area contributed by atoms with Crippen molar-refractivity contribution in [3.05, 3.63) is 23.0 Å². The number of nitrogens with two attached hydrogens (primary N) is 2. The number of hydrogen-bond acceptors (Lipinski definition) is 3. The van der Waals surface area contributed by atoms with Gasteiger partial charge in [-0.3, -0.25) is 0 Å². The minimum Gasteiger partial charge on any atom is -0.398 e. The number of rotatable bonds is 2. The van der Waals surface area contributed by atoms with Gasteiger partial charge in [0.1, 0.15) is 11.3 Å². The lowest BCUT2D eigenvalue weighted by Gasteiger charge is -2.14. The molecule has 0 aromatic carbocycles. The van der Waals surface area contributed by atoms with E-state index in [9.17, 15) is 22.0 Å². The molecular weight excluding hydrogens is 233 g/mol. The van der Waals surface area contributed by atoms with E-state index in [0.717, 1.165) is 0 Å². The van der Waals surface area contributed by atoms with Crippen LogP contribution in [0.4, 0.5) is 27.6 Å². The van der Waals surface area contributed by atoms with Crippen molar-refractivity contribution < 1.29 is 22.0 Å². The number of nitrogens with zero attached hydrogens (tertiary/aromatic N) is 1. The number of aromatic nitrogens is 1. The molecule has 16 heavy (non-hydrogen) atoms. The lowest BCUT2D eigenvalue weighted by atomic mass is 10.1. The lowest BCUT2D eigenvalue weighted by Crippen LogP contribution is -2.17. The molecule has 1 aromatic rings. The Bertz CT molecular complexity index is 388. The summed E-state index contributed by atoms with van der Waals surface area (Å²) in [5.74, 6) is 0. The zero-order chi connectivity index (χ0) is 12.5. The Hall–Kier alpha value is -1.44. The molecule has 0 aliphatic heterocycles. The molecule has 0 aliphatic carbocycles. The Kier molecular flexibility index (Phi) is 3.32. The Balaban J connectivity index is 3.41. The maximum Gasteiger partial charge on any atom is 0.420 e. The largest absolute Gasteiger partial charge is 0.420 e. The molecule has 0 bridgehead atoms. The van der Waals surface area contributed by atoms with Crippen LogP contribution in [0.15, 0.2) is 6.07 Å². The Morgan fingerprint density at radius 1 is 1.31 bits per heavy atom. The Morgan fingerprint density at radius 3 is 2.25 bits per heavy atom. The fourth-order valence-corrected chi connectivity index (χ4v) is 1.23. The summed E-state index contributed by atoms with van der Waals surface area (Å²) in [6.07, 6.45) is -7.75. The van der Waals surface area contributed by atoms with E-state index in [-0.39, 0.29) is 0 Å². The number of anilines is 1. The van der Waals surface area contributed by atoms with E-state index in [4.69, 9.17) is 11.5 Å². The monoisotopic (exact) mass is 241 g/mol. The fourth-order valence-electron chi connectivity index (χ4n) is 1.23. The van der Waals surface area contributed by atoms with Gasteiger partial charge in [-0.05, 0) is 6.07 Å². The molecule has 0 unspecified atom stereocenters. The summed E-state index contributed by atoms with van der Waals surface area (Å²) in [7, 11) is 0. The Morgan fingerprint density at radius 2 is 1.88 bits per heavy atom. The molecule has 0 saturated carbocycles. The number of alkyl halides is 5. The first-order chi connectivity index (χ1) is 7.27. The van der Waals surface area contributed by atoms with E-state index in [0.29, 0.717) is 6.07 Å². The van der Waals surface area contributed by atoms with E-state index in [1.54, 1.807) is 0 Å². The third-order valence-corrected chi connectivity index (χ3v) is 1.85. The first kappa shape index (κ1) is 12.6. The molecule has 1 aromatic heterocycles. The molecule has 0 aliphatic rings. The van der Waals surface area contributed by atoms with Gasteiger partial charge in [0, 0.05) is 12.2 Å². The van der Waals surface area contributed by atoms with Crippen LogP contribution in [0.5, 0.6) is 0 Å². The molecule has 4 N–H and O–H groups in total. The second kappa shape index (κ2) is 4.20. The average molecular weight is 241 g/mol. The normalized spacial score (nSPS) is 12.2. The van der Waals surface area contributed by atoms with Gasteiger partial charge in [0.15, 0.2) is 0 Å². The first-order valence-corrected chi connectivity index (χ1v) is 4.12. The molecule has 8 heteroatoms. The van der Waals surface area contributed by atoms with Crippen LogP contribution in [-0.4, -0.2) is 4.98 Å². The average Bonchev–Trinajstić information content (AvgIpc) is 2.14. The number of hydrogen-bond donors (Lipinski definition) is 2. The third kappa shape index (κ3) is 2.38. The van der Waals surface area contributed by atoms with Crippen molar-refractivity contribution in [2.45, 2.75) is 19.1 Å². The van der Waals surface area contributed by atoms with Gasteiger partial charge in [-0.15, -0.1) is 0 Å². The summed E-state index contributed by atoms with van der Waals surface area (Å²) in [4.78, 5) is 3.14. The van der Waals surface area contributed by atoms with Gasteiger partial charge in [0.25, 0.3) is 6.43 Å². The maximum atomic E-state index is 12.5. The zero-order valence-electron chi connectivity index (χ0n) is 7.85. The van der Waals surface area contributed by atoms with E-state index < -0.39 is 41.8 Å². The Labute approximate surface area is 87.3 Å².